The first kappa shape index (κ1) is 23.0. The molecular formula is C48H30O. The Labute approximate surface area is 291 Å². The second-order valence-corrected chi connectivity index (χ2v) is 12.4. The van der Waals surface area contributed by atoms with E-state index in [2.05, 4.69) is 42.5 Å². The van der Waals surface area contributed by atoms with E-state index in [1.165, 1.54) is 0 Å². The summed E-state index contributed by atoms with van der Waals surface area (Å²) >= 11 is 0. The smallest absolute Gasteiger partial charge is 0.136 e. The third-order valence-corrected chi connectivity index (χ3v) is 9.59. The molecular weight excluding hydrogens is 593 g/mol. The Morgan fingerprint density at radius 1 is 0.367 bits per heavy atom. The molecule has 1 nitrogen and oxygen atoms in total. The van der Waals surface area contributed by atoms with Gasteiger partial charge in [0.2, 0.25) is 0 Å². The molecule has 0 unspecified atom stereocenters. The Bertz CT molecular complexity index is 3090. The van der Waals surface area contributed by atoms with Crippen LogP contribution in [-0.2, 0) is 0 Å². The van der Waals surface area contributed by atoms with Gasteiger partial charge in [0.15, 0.2) is 0 Å². The molecule has 1 aromatic heterocycles. The third kappa shape index (κ3) is 4.47. The summed E-state index contributed by atoms with van der Waals surface area (Å²) in [5.41, 5.74) is 7.73. The van der Waals surface area contributed by atoms with Crippen molar-refractivity contribution in [3.8, 4) is 44.5 Å². The van der Waals surface area contributed by atoms with E-state index < -0.39 is 0 Å². The van der Waals surface area contributed by atoms with Crippen molar-refractivity contribution in [1.82, 2.24) is 0 Å². The summed E-state index contributed by atoms with van der Waals surface area (Å²) in [5.74, 6) is 0. The molecule has 0 fully saturated rings. The standard InChI is InChI=1S/C48H30O/c1-3-12-31(13-4-1)35-26-27-43-45(30-35)49-44-21-11-20-38(48(43)44)36-24-22-34-29-37(25-23-33(34)28-36)47-41-18-9-7-16-39(41)46(32-14-5-2-6-15-32)40-17-8-10-19-42(40)47/h1-30H/i22D,23D,24D,25D,29D. The van der Waals surface area contributed by atoms with Gasteiger partial charge in [0.1, 0.15) is 11.2 Å². The molecule has 0 bridgehead atoms. The second kappa shape index (κ2) is 11.1. The van der Waals surface area contributed by atoms with Crippen molar-refractivity contribution < 1.29 is 11.3 Å². The first-order chi connectivity index (χ1) is 26.4. The highest BCUT2D eigenvalue weighted by Crippen LogP contribution is 2.44. The summed E-state index contributed by atoms with van der Waals surface area (Å²) in [4.78, 5) is 0. The molecule has 0 radical (unpaired) electrons. The highest BCUT2D eigenvalue weighted by atomic mass is 16.3. The van der Waals surface area contributed by atoms with Crippen LogP contribution in [0.25, 0.3) is 98.8 Å². The summed E-state index contributed by atoms with van der Waals surface area (Å²) < 4.78 is 53.7. The van der Waals surface area contributed by atoms with Crippen LogP contribution in [0.5, 0.6) is 0 Å². The summed E-state index contributed by atoms with van der Waals surface area (Å²) in [6.07, 6.45) is 0. The van der Waals surface area contributed by atoms with Crippen LogP contribution in [0.2, 0.25) is 0 Å². The molecule has 0 N–H and O–H groups in total. The number of furan rings is 1. The Morgan fingerprint density at radius 3 is 1.65 bits per heavy atom. The lowest BCUT2D eigenvalue weighted by Gasteiger charge is -2.18. The number of fused-ring (bicyclic) bond motifs is 6. The van der Waals surface area contributed by atoms with Gasteiger partial charge in [-0.1, -0.05) is 152 Å². The van der Waals surface area contributed by atoms with Crippen LogP contribution in [-0.4, -0.2) is 0 Å². The van der Waals surface area contributed by atoms with Crippen LogP contribution >= 0.6 is 0 Å². The Kier molecular flexibility index (Phi) is 5.20. The fourth-order valence-electron chi connectivity index (χ4n) is 7.38. The zero-order valence-electron chi connectivity index (χ0n) is 31.3. The van der Waals surface area contributed by atoms with E-state index >= 15 is 0 Å². The average molecular weight is 628 g/mol. The van der Waals surface area contributed by atoms with Crippen molar-refractivity contribution in [3.63, 3.8) is 0 Å². The van der Waals surface area contributed by atoms with Crippen molar-refractivity contribution >= 4 is 54.3 Å². The van der Waals surface area contributed by atoms with Gasteiger partial charge in [0, 0.05) is 10.8 Å². The summed E-state index contributed by atoms with van der Waals surface area (Å²) in [7, 11) is 0. The van der Waals surface area contributed by atoms with E-state index in [1.807, 2.05) is 103 Å². The number of rotatable bonds is 4. The minimum absolute atomic E-state index is 0.0285. The van der Waals surface area contributed by atoms with Crippen LogP contribution in [0.1, 0.15) is 6.85 Å². The normalized spacial score (nSPS) is 13.1. The molecule has 0 atom stereocenters. The van der Waals surface area contributed by atoms with E-state index in [9.17, 15) is 6.85 Å². The minimum Gasteiger partial charge on any atom is -0.456 e. The molecule has 0 saturated carbocycles. The van der Waals surface area contributed by atoms with E-state index in [1.54, 1.807) is 6.07 Å². The van der Waals surface area contributed by atoms with Crippen molar-refractivity contribution in [2.75, 3.05) is 0 Å². The fourth-order valence-corrected chi connectivity index (χ4v) is 7.38. The molecule has 9 aromatic carbocycles. The fraction of sp³-hybridized carbons (Fsp3) is 0. The van der Waals surface area contributed by atoms with Crippen LogP contribution in [0.4, 0.5) is 0 Å². The molecule has 0 aliphatic carbocycles. The molecule has 0 spiro atoms. The van der Waals surface area contributed by atoms with Gasteiger partial charge >= 0.3 is 0 Å². The van der Waals surface area contributed by atoms with Crippen LogP contribution < -0.4 is 0 Å². The van der Waals surface area contributed by atoms with E-state index in [0.29, 0.717) is 33.2 Å². The van der Waals surface area contributed by atoms with Crippen LogP contribution in [0, 0.1) is 0 Å². The maximum Gasteiger partial charge on any atom is 0.136 e. The molecule has 0 amide bonds. The SMILES string of the molecule is [2H]c1c(-c2c3ccccc3c(-c3ccccc3)c3ccccc23)c([2H])c2c([2H])c([2H])c(-c3cccc4oc5cc(-c6ccccc6)ccc5c34)cc2c1[2H]. The maximum atomic E-state index is 9.68. The third-order valence-electron chi connectivity index (χ3n) is 9.59. The molecule has 1 heterocycles. The zero-order chi connectivity index (χ0) is 36.7. The van der Waals surface area contributed by atoms with Crippen molar-refractivity contribution in [1.29, 1.82) is 0 Å². The second-order valence-electron chi connectivity index (χ2n) is 12.4. The average Bonchev–Trinajstić information content (AvgIpc) is 3.60. The largest absolute Gasteiger partial charge is 0.456 e. The van der Waals surface area contributed by atoms with Gasteiger partial charge in [0.05, 0.1) is 6.85 Å². The van der Waals surface area contributed by atoms with Gasteiger partial charge in [-0.15, -0.1) is 0 Å². The number of hydrogen-bond donors (Lipinski definition) is 0. The summed E-state index contributed by atoms with van der Waals surface area (Å²) in [6.45, 7) is 0. The van der Waals surface area contributed by atoms with Crippen molar-refractivity contribution in [3.05, 3.63) is 182 Å². The van der Waals surface area contributed by atoms with Gasteiger partial charge in [-0.3, -0.25) is 0 Å². The van der Waals surface area contributed by atoms with Crippen molar-refractivity contribution in [2.24, 2.45) is 0 Å². The van der Waals surface area contributed by atoms with Gasteiger partial charge in [0.25, 0.3) is 0 Å². The molecule has 1 heteroatoms. The molecule has 0 saturated heterocycles. The molecule has 10 aromatic rings. The summed E-state index contributed by atoms with van der Waals surface area (Å²) in [6, 6.07) is 49.5. The first-order valence-corrected chi connectivity index (χ1v) is 16.4. The van der Waals surface area contributed by atoms with Crippen LogP contribution in [0.15, 0.2) is 186 Å². The number of hydrogen-bond acceptors (Lipinski definition) is 1. The predicted octanol–water partition coefficient (Wildman–Crippen LogP) is 13.7. The molecule has 10 rings (SSSR count). The summed E-state index contributed by atoms with van der Waals surface area (Å²) in [5, 5.41) is 5.86. The monoisotopic (exact) mass is 627 g/mol. The van der Waals surface area contributed by atoms with E-state index in [4.69, 9.17) is 4.42 Å². The Morgan fingerprint density at radius 2 is 0.959 bits per heavy atom. The molecule has 228 valence electrons. The molecule has 0 aliphatic rings. The van der Waals surface area contributed by atoms with Gasteiger partial charge in [-0.05, 0) is 107 Å². The quantitative estimate of drug-likeness (QED) is 0.177. The highest BCUT2D eigenvalue weighted by Gasteiger charge is 2.17. The lowest BCUT2D eigenvalue weighted by Crippen LogP contribution is -1.90. The van der Waals surface area contributed by atoms with Gasteiger partial charge < -0.3 is 4.42 Å². The van der Waals surface area contributed by atoms with Gasteiger partial charge in [-0.25, -0.2) is 0 Å². The van der Waals surface area contributed by atoms with E-state index in [0.717, 1.165) is 54.6 Å². The number of benzene rings is 9. The Hall–Kier alpha value is -6.44. The molecule has 49 heavy (non-hydrogen) atoms. The van der Waals surface area contributed by atoms with Gasteiger partial charge in [-0.2, -0.15) is 0 Å². The van der Waals surface area contributed by atoms with E-state index in [-0.39, 0.29) is 41.2 Å². The topological polar surface area (TPSA) is 13.1 Å². The van der Waals surface area contributed by atoms with Crippen LogP contribution in [0.3, 0.4) is 0 Å². The molecule has 0 aliphatic heterocycles. The lowest BCUT2D eigenvalue weighted by atomic mass is 9.85. The maximum absolute atomic E-state index is 9.68. The Balaban J connectivity index is 1.23. The minimum atomic E-state index is -0.145. The predicted molar refractivity (Wildman–Crippen MR) is 208 cm³/mol. The van der Waals surface area contributed by atoms with Crippen molar-refractivity contribution in [2.45, 2.75) is 0 Å². The first-order valence-electron chi connectivity index (χ1n) is 18.9. The highest BCUT2D eigenvalue weighted by molar-refractivity contribution is 6.22. The zero-order valence-corrected chi connectivity index (χ0v) is 26.3. The lowest BCUT2D eigenvalue weighted by molar-refractivity contribution is 0.669.